The van der Waals surface area contributed by atoms with Gasteiger partial charge in [0, 0.05) is 11.3 Å². The van der Waals surface area contributed by atoms with E-state index in [1.807, 2.05) is 47.5 Å². The number of aliphatic hydroxyl groups is 1. The van der Waals surface area contributed by atoms with E-state index in [1.165, 1.54) is 23.5 Å². The highest BCUT2D eigenvalue weighted by molar-refractivity contribution is 7.13. The van der Waals surface area contributed by atoms with Gasteiger partial charge in [0.25, 0.3) is 0 Å². The molecule has 0 unspecified atom stereocenters. The molecule has 4 rings (SSSR count). The van der Waals surface area contributed by atoms with E-state index in [9.17, 15) is 14.8 Å². The zero-order valence-corrected chi connectivity index (χ0v) is 16.2. The van der Waals surface area contributed by atoms with Crippen LogP contribution in [0.25, 0.3) is 11.1 Å². The highest BCUT2D eigenvalue weighted by Gasteiger charge is 2.50. The Labute approximate surface area is 167 Å². The molecule has 4 nitrogen and oxygen atoms in total. The van der Waals surface area contributed by atoms with Crippen LogP contribution in [0.4, 0.5) is 9.52 Å². The molecular weight excluding hydrogens is 373 g/mol. The number of aromatic nitrogens is 1. The second-order valence-corrected chi connectivity index (χ2v) is 7.70. The molecule has 3 aromatic rings. The number of aliphatic hydroxyl groups excluding tert-OH is 1. The van der Waals surface area contributed by atoms with Crippen LogP contribution in [0, 0.1) is 17.1 Å². The van der Waals surface area contributed by atoms with Crippen molar-refractivity contribution >= 4 is 16.5 Å². The molecular formula is C22H20FN3OS. The molecule has 6 heteroatoms. The van der Waals surface area contributed by atoms with E-state index in [-0.39, 0.29) is 30.4 Å². The lowest BCUT2D eigenvalue weighted by Crippen LogP contribution is -2.63. The van der Waals surface area contributed by atoms with E-state index in [2.05, 4.69) is 11.1 Å². The lowest BCUT2D eigenvalue weighted by atomic mass is 9.76. The van der Waals surface area contributed by atoms with Crippen LogP contribution in [0.3, 0.4) is 0 Å². The standard InChI is InChI=1S/C22H20FN3OS/c1-2-18-13-28-22(25-18)26-19(11-24)21(20(26)12-27)15-8-6-14(7-9-15)16-4-3-5-17(23)10-16/h3-10,13,19-21,27H,2,12H2,1H3/t19-,20+,21+/m1/s1. The van der Waals surface area contributed by atoms with Crippen molar-refractivity contribution in [2.45, 2.75) is 31.3 Å². The average Bonchev–Trinajstić information content (AvgIpc) is 3.17. The largest absolute Gasteiger partial charge is 0.394 e. The quantitative estimate of drug-likeness (QED) is 0.699. The van der Waals surface area contributed by atoms with Crippen molar-refractivity contribution < 1.29 is 9.50 Å². The zero-order chi connectivity index (χ0) is 19.7. The van der Waals surface area contributed by atoms with E-state index < -0.39 is 0 Å². The fraction of sp³-hybridized carbons (Fsp3) is 0.273. The van der Waals surface area contributed by atoms with Crippen LogP contribution in [-0.4, -0.2) is 28.8 Å². The highest BCUT2D eigenvalue weighted by atomic mass is 32.1. The van der Waals surface area contributed by atoms with Crippen LogP contribution < -0.4 is 4.90 Å². The van der Waals surface area contributed by atoms with Crippen molar-refractivity contribution in [2.24, 2.45) is 0 Å². The number of hydrogen-bond acceptors (Lipinski definition) is 5. The van der Waals surface area contributed by atoms with Gasteiger partial charge in [0.05, 0.1) is 24.4 Å². The van der Waals surface area contributed by atoms with Crippen molar-refractivity contribution in [1.82, 2.24) is 4.98 Å². The van der Waals surface area contributed by atoms with Gasteiger partial charge in [0.15, 0.2) is 5.13 Å². The van der Waals surface area contributed by atoms with Gasteiger partial charge in [0.2, 0.25) is 0 Å². The summed E-state index contributed by atoms with van der Waals surface area (Å²) in [7, 11) is 0. The summed E-state index contributed by atoms with van der Waals surface area (Å²) in [5, 5.41) is 22.5. The molecule has 2 aromatic carbocycles. The van der Waals surface area contributed by atoms with Gasteiger partial charge < -0.3 is 10.0 Å². The molecule has 0 aliphatic carbocycles. The van der Waals surface area contributed by atoms with Gasteiger partial charge in [-0.25, -0.2) is 9.37 Å². The Kier molecular flexibility index (Phi) is 5.12. The fourth-order valence-corrected chi connectivity index (χ4v) is 4.82. The minimum atomic E-state index is -0.368. The minimum Gasteiger partial charge on any atom is -0.394 e. The molecule has 3 atom stereocenters. The molecule has 142 valence electrons. The lowest BCUT2D eigenvalue weighted by molar-refractivity contribution is 0.187. The smallest absolute Gasteiger partial charge is 0.186 e. The first kappa shape index (κ1) is 18.6. The Hall–Kier alpha value is -2.75. The van der Waals surface area contributed by atoms with Gasteiger partial charge in [-0.05, 0) is 35.2 Å². The summed E-state index contributed by atoms with van der Waals surface area (Å²) in [6.07, 6.45) is 0.844. The van der Waals surface area contributed by atoms with Crippen molar-refractivity contribution in [1.29, 1.82) is 5.26 Å². The summed E-state index contributed by atoms with van der Waals surface area (Å²) in [4.78, 5) is 6.51. The number of halogens is 1. The summed E-state index contributed by atoms with van der Waals surface area (Å²) in [6.45, 7) is 2.00. The second-order valence-electron chi connectivity index (χ2n) is 6.86. The number of nitrogens with zero attached hydrogens (tertiary/aromatic N) is 3. The Morgan fingerprint density at radius 1 is 1.21 bits per heavy atom. The van der Waals surface area contributed by atoms with Crippen molar-refractivity contribution in [3.05, 3.63) is 71.0 Å². The van der Waals surface area contributed by atoms with Crippen molar-refractivity contribution in [3.8, 4) is 17.2 Å². The van der Waals surface area contributed by atoms with Crippen molar-refractivity contribution in [2.75, 3.05) is 11.5 Å². The van der Waals surface area contributed by atoms with Gasteiger partial charge in [-0.1, -0.05) is 43.3 Å². The van der Waals surface area contributed by atoms with Crippen LogP contribution in [0.5, 0.6) is 0 Å². The first-order valence-corrected chi connectivity index (χ1v) is 10.1. The lowest BCUT2D eigenvalue weighted by Gasteiger charge is -2.51. The van der Waals surface area contributed by atoms with Crippen LogP contribution in [0.2, 0.25) is 0 Å². The van der Waals surface area contributed by atoms with E-state index in [1.54, 1.807) is 6.07 Å². The highest BCUT2D eigenvalue weighted by Crippen LogP contribution is 2.44. The molecule has 1 fully saturated rings. The summed E-state index contributed by atoms with van der Waals surface area (Å²) in [6, 6.07) is 16.1. The minimum absolute atomic E-state index is 0.0461. The molecule has 0 saturated carbocycles. The molecule has 28 heavy (non-hydrogen) atoms. The van der Waals surface area contributed by atoms with Gasteiger partial charge in [-0.3, -0.25) is 0 Å². The third kappa shape index (κ3) is 3.17. The predicted octanol–water partition coefficient (Wildman–Crippen LogP) is 4.37. The maximum atomic E-state index is 13.5. The zero-order valence-electron chi connectivity index (χ0n) is 15.4. The van der Waals surface area contributed by atoms with E-state index in [0.29, 0.717) is 0 Å². The molecule has 1 aromatic heterocycles. The molecule has 0 radical (unpaired) electrons. The van der Waals surface area contributed by atoms with Gasteiger partial charge >= 0.3 is 0 Å². The number of benzene rings is 2. The predicted molar refractivity (Wildman–Crippen MR) is 109 cm³/mol. The van der Waals surface area contributed by atoms with Crippen LogP contribution in [0.15, 0.2) is 53.9 Å². The van der Waals surface area contributed by atoms with Gasteiger partial charge in [-0.15, -0.1) is 11.3 Å². The molecule has 0 spiro atoms. The Morgan fingerprint density at radius 2 is 2.00 bits per heavy atom. The number of anilines is 1. The summed E-state index contributed by atoms with van der Waals surface area (Å²) in [5.74, 6) is -0.360. The molecule has 1 aliphatic rings. The molecule has 1 N–H and O–H groups in total. The Balaban J connectivity index is 1.60. The van der Waals surface area contributed by atoms with E-state index >= 15 is 0 Å². The number of hydrogen-bond donors (Lipinski definition) is 1. The second kappa shape index (κ2) is 7.70. The summed E-state index contributed by atoms with van der Waals surface area (Å²) in [5.41, 5.74) is 3.72. The number of rotatable bonds is 5. The number of aryl methyl sites for hydroxylation is 1. The van der Waals surface area contributed by atoms with E-state index in [0.717, 1.165) is 33.9 Å². The molecule has 1 aliphatic heterocycles. The van der Waals surface area contributed by atoms with Crippen molar-refractivity contribution in [3.63, 3.8) is 0 Å². The first-order chi connectivity index (χ1) is 13.7. The fourth-order valence-electron chi connectivity index (χ4n) is 3.81. The van der Waals surface area contributed by atoms with Crippen LogP contribution in [-0.2, 0) is 6.42 Å². The van der Waals surface area contributed by atoms with E-state index in [4.69, 9.17) is 0 Å². The monoisotopic (exact) mass is 393 g/mol. The van der Waals surface area contributed by atoms with Gasteiger partial charge in [0.1, 0.15) is 11.9 Å². The summed E-state index contributed by atoms with van der Waals surface area (Å²) >= 11 is 1.51. The number of nitriles is 1. The first-order valence-electron chi connectivity index (χ1n) is 9.25. The SMILES string of the molecule is CCc1csc(N2[C@H](C#N)[C@H](c3ccc(-c4cccc(F)c4)cc3)[C@@H]2CO)n1. The normalized spacial score (nSPS) is 21.2. The molecule has 0 bridgehead atoms. The molecule has 2 heterocycles. The molecule has 0 amide bonds. The van der Waals surface area contributed by atoms with Gasteiger partial charge in [-0.2, -0.15) is 5.26 Å². The maximum absolute atomic E-state index is 13.5. The Bertz CT molecular complexity index is 1010. The molecule has 1 saturated heterocycles. The number of thiazole rings is 1. The Morgan fingerprint density at radius 3 is 2.61 bits per heavy atom. The third-order valence-electron chi connectivity index (χ3n) is 5.31. The van der Waals surface area contributed by atoms with Crippen LogP contribution >= 0.6 is 11.3 Å². The topological polar surface area (TPSA) is 60.2 Å². The van der Waals surface area contributed by atoms with Crippen LogP contribution in [0.1, 0.15) is 24.1 Å². The maximum Gasteiger partial charge on any atom is 0.186 e. The summed E-state index contributed by atoms with van der Waals surface area (Å²) < 4.78 is 13.5. The average molecular weight is 393 g/mol. The third-order valence-corrected chi connectivity index (χ3v) is 6.21.